The zero-order valence-corrected chi connectivity index (χ0v) is 9.63. The monoisotopic (exact) mass is 278 g/mol. The van der Waals surface area contributed by atoms with Gasteiger partial charge in [-0.2, -0.15) is 8.42 Å². The predicted molar refractivity (Wildman–Crippen MR) is 41.3 cm³/mol. The number of hydrogen-bond acceptors (Lipinski definition) is 2. The van der Waals surface area contributed by atoms with Crippen molar-refractivity contribution >= 4 is 59.0 Å². The molecule has 54 valence electrons. The Balaban J connectivity index is -0.0000000300. The fraction of sp³-hybridized carbons (Fsp3) is 0.500. The molecule has 0 aliphatic carbocycles. The van der Waals surface area contributed by atoms with Crippen LogP contribution in [0.5, 0.6) is 0 Å². The molecule has 0 rings (SSSR count). The van der Waals surface area contributed by atoms with Gasteiger partial charge in [0.2, 0.25) is 0 Å². The molecule has 9 heavy (non-hydrogen) atoms. The molecule has 0 aromatic carbocycles. The van der Waals surface area contributed by atoms with Crippen LogP contribution in [0.3, 0.4) is 0 Å². The summed E-state index contributed by atoms with van der Waals surface area (Å²) in [5, 5.41) is 0. The van der Waals surface area contributed by atoms with E-state index in [1.165, 1.54) is 0 Å². The van der Waals surface area contributed by atoms with Crippen molar-refractivity contribution in [2.45, 2.75) is 7.43 Å². The second-order valence-electron chi connectivity index (χ2n) is 1.04. The number of rotatable bonds is 2. The van der Waals surface area contributed by atoms with Gasteiger partial charge < -0.3 is 2.85 Å². The molecule has 0 aromatic rings. The molecule has 3 nitrogen and oxygen atoms in total. The first-order chi connectivity index (χ1) is 3.06. The average Bonchev–Trinajstić information content (AvgIpc) is 1.30. The molecule has 0 atom stereocenters. The summed E-state index contributed by atoms with van der Waals surface area (Å²) in [6.45, 7) is 3.11. The van der Waals surface area contributed by atoms with E-state index in [1.807, 2.05) is 0 Å². The summed E-state index contributed by atoms with van der Waals surface area (Å²) >= 11 is 0. The first kappa shape index (κ1) is 16.7. The van der Waals surface area contributed by atoms with E-state index in [0.717, 1.165) is 6.08 Å². The van der Waals surface area contributed by atoms with E-state index in [9.17, 15) is 8.42 Å². The van der Waals surface area contributed by atoms with Gasteiger partial charge in [-0.25, -0.2) is 0 Å². The largest absolute Gasteiger partial charge is 2.00 e. The van der Waals surface area contributed by atoms with Crippen LogP contribution >= 0.6 is 0 Å². The predicted octanol–water partition coefficient (Wildman–Crippen LogP) is 0.541. The Morgan fingerprint density at radius 2 is 2.00 bits per heavy atom. The maximum absolute atomic E-state index is 9.72. The van der Waals surface area contributed by atoms with Crippen molar-refractivity contribution in [3.63, 3.8) is 0 Å². The molecule has 0 radical (unpaired) electrons. The Kier molecular flexibility index (Phi) is 13.6. The molecular formula is C4H12BaO3S. The zero-order valence-electron chi connectivity index (χ0n) is 6.37. The van der Waals surface area contributed by atoms with Gasteiger partial charge in [-0.15, -0.1) is 6.58 Å². The molecular weight excluding hydrogens is 265 g/mol. The molecule has 0 heterocycles. The van der Waals surface area contributed by atoms with Gasteiger partial charge >= 0.3 is 48.9 Å². The summed E-state index contributed by atoms with van der Waals surface area (Å²) in [4.78, 5) is 0. The molecule has 5 heteroatoms. The standard InChI is InChI=1S/C3H6O3S.CH4.Ba.2H/c1-2-3-7(4,5)6;;;;/h2H,1,3H2,(H,4,5,6);1H4;;;/q;;+2;2*-1. The molecule has 1 N–H and O–H groups in total. The van der Waals surface area contributed by atoms with Gasteiger partial charge in [0.15, 0.2) is 0 Å². The quantitative estimate of drug-likeness (QED) is 0.455. The van der Waals surface area contributed by atoms with Crippen LogP contribution in [0.4, 0.5) is 0 Å². The van der Waals surface area contributed by atoms with E-state index in [2.05, 4.69) is 6.58 Å². The van der Waals surface area contributed by atoms with E-state index in [-0.39, 0.29) is 64.9 Å². The molecule has 0 aromatic heterocycles. The van der Waals surface area contributed by atoms with E-state index in [0.29, 0.717) is 0 Å². The van der Waals surface area contributed by atoms with Crippen LogP contribution in [0.25, 0.3) is 0 Å². The summed E-state index contributed by atoms with van der Waals surface area (Å²) in [6.07, 6.45) is 1.12. The number of hydrogen-bond donors (Lipinski definition) is 1. The Morgan fingerprint density at radius 3 is 2.00 bits per heavy atom. The topological polar surface area (TPSA) is 54.4 Å². The Morgan fingerprint density at radius 1 is 1.67 bits per heavy atom. The summed E-state index contributed by atoms with van der Waals surface area (Å²) in [5.41, 5.74) is 0. The van der Waals surface area contributed by atoms with Crippen LogP contribution in [0.2, 0.25) is 0 Å². The SMILES string of the molecule is C.C=CCS(=O)(=O)O.[Ba+2].[H-].[H-]. The van der Waals surface area contributed by atoms with E-state index in [1.54, 1.807) is 0 Å². The van der Waals surface area contributed by atoms with E-state index < -0.39 is 10.1 Å². The third-order valence-corrected chi connectivity index (χ3v) is 0.985. The van der Waals surface area contributed by atoms with Gasteiger partial charge in [0.1, 0.15) is 0 Å². The Labute approximate surface area is 99.3 Å². The maximum Gasteiger partial charge on any atom is 2.00 e. The zero-order chi connectivity index (χ0) is 5.91. The van der Waals surface area contributed by atoms with Crippen LogP contribution in [-0.2, 0) is 10.1 Å². The van der Waals surface area contributed by atoms with Crippen molar-refractivity contribution in [1.82, 2.24) is 0 Å². The smallest absolute Gasteiger partial charge is 1.00 e. The molecule has 0 spiro atoms. The third-order valence-electron chi connectivity index (χ3n) is 0.328. The first-order valence-electron chi connectivity index (χ1n) is 1.62. The minimum Gasteiger partial charge on any atom is -1.00 e. The molecule has 0 amide bonds. The minimum absolute atomic E-state index is 0. The molecule has 0 unspecified atom stereocenters. The molecule has 0 fully saturated rings. The van der Waals surface area contributed by atoms with Crippen molar-refractivity contribution in [2.24, 2.45) is 0 Å². The Bertz CT molecular complexity index is 157. The van der Waals surface area contributed by atoms with Gasteiger partial charge in [0.25, 0.3) is 10.1 Å². The van der Waals surface area contributed by atoms with Crippen LogP contribution in [0.15, 0.2) is 12.7 Å². The maximum atomic E-state index is 9.72. The fourth-order valence-electron chi connectivity index (χ4n) is 0.149. The minimum atomic E-state index is -3.79. The average molecular weight is 278 g/mol. The van der Waals surface area contributed by atoms with Gasteiger partial charge in [0, 0.05) is 0 Å². The molecule has 0 aliphatic rings. The van der Waals surface area contributed by atoms with Gasteiger partial charge in [-0.05, 0) is 0 Å². The van der Waals surface area contributed by atoms with E-state index in [4.69, 9.17) is 4.55 Å². The second kappa shape index (κ2) is 7.33. The Hall–Kier alpha value is 1.22. The summed E-state index contributed by atoms with van der Waals surface area (Å²) in [6, 6.07) is 0. The fourth-order valence-corrected chi connectivity index (χ4v) is 0.447. The second-order valence-corrected chi connectivity index (χ2v) is 2.53. The summed E-state index contributed by atoms with van der Waals surface area (Å²) in [5.74, 6) is -0.368. The van der Waals surface area contributed by atoms with Crippen LogP contribution in [0.1, 0.15) is 10.3 Å². The van der Waals surface area contributed by atoms with Crippen LogP contribution in [-0.4, -0.2) is 67.6 Å². The van der Waals surface area contributed by atoms with Gasteiger partial charge in [0.05, 0.1) is 5.75 Å². The van der Waals surface area contributed by atoms with Crippen molar-refractivity contribution in [2.75, 3.05) is 5.75 Å². The van der Waals surface area contributed by atoms with Gasteiger partial charge in [-0.3, -0.25) is 4.55 Å². The first-order valence-corrected chi connectivity index (χ1v) is 3.23. The van der Waals surface area contributed by atoms with Crippen molar-refractivity contribution in [1.29, 1.82) is 0 Å². The summed E-state index contributed by atoms with van der Waals surface area (Å²) in [7, 11) is -3.79. The third kappa shape index (κ3) is 17.6. The molecule has 0 aliphatic heterocycles. The summed E-state index contributed by atoms with van der Waals surface area (Å²) < 4.78 is 27.3. The van der Waals surface area contributed by atoms with Crippen molar-refractivity contribution in [3.05, 3.63) is 12.7 Å². The van der Waals surface area contributed by atoms with E-state index >= 15 is 0 Å². The molecule has 0 saturated carbocycles. The van der Waals surface area contributed by atoms with Gasteiger partial charge in [-0.1, -0.05) is 13.5 Å². The van der Waals surface area contributed by atoms with Crippen molar-refractivity contribution in [3.8, 4) is 0 Å². The van der Waals surface area contributed by atoms with Crippen LogP contribution in [0, 0.1) is 0 Å². The normalized spacial score (nSPS) is 8.56. The molecule has 0 bridgehead atoms. The molecule has 0 saturated heterocycles. The van der Waals surface area contributed by atoms with Crippen LogP contribution < -0.4 is 0 Å². The van der Waals surface area contributed by atoms with Crippen molar-refractivity contribution < 1.29 is 15.8 Å².